The predicted octanol–water partition coefficient (Wildman–Crippen LogP) is 3.74. The molecule has 0 spiro atoms. The standard InChI is InChI=1S/C22H34N6/c1-5-6-15(2)11-28-12-17-9-19(10-18(17)13-28)23-22-8-7-21(24-25-22)20-14-27(4)26-16(20)3/h7-8,14-15,17-19H,5-6,9-13H2,1-4H3,(H,23,25). The smallest absolute Gasteiger partial charge is 0.148 e. The summed E-state index contributed by atoms with van der Waals surface area (Å²) in [4.78, 5) is 2.71. The lowest BCUT2D eigenvalue weighted by Crippen LogP contribution is -2.29. The first-order chi connectivity index (χ1) is 13.5. The van der Waals surface area contributed by atoms with E-state index < -0.39 is 0 Å². The molecule has 0 amide bonds. The molecule has 1 aliphatic heterocycles. The molecule has 2 fully saturated rings. The van der Waals surface area contributed by atoms with Gasteiger partial charge in [-0.05, 0) is 56.1 Å². The van der Waals surface area contributed by atoms with E-state index >= 15 is 0 Å². The van der Waals surface area contributed by atoms with E-state index in [1.165, 1.54) is 45.3 Å². The summed E-state index contributed by atoms with van der Waals surface area (Å²) in [6.07, 6.45) is 7.16. The van der Waals surface area contributed by atoms with Crippen molar-refractivity contribution >= 4 is 5.82 Å². The van der Waals surface area contributed by atoms with Crippen molar-refractivity contribution in [2.45, 2.75) is 52.5 Å². The molecule has 2 aromatic rings. The predicted molar refractivity (Wildman–Crippen MR) is 113 cm³/mol. The van der Waals surface area contributed by atoms with Crippen molar-refractivity contribution in [1.82, 2.24) is 24.9 Å². The van der Waals surface area contributed by atoms with Crippen molar-refractivity contribution in [3.63, 3.8) is 0 Å². The largest absolute Gasteiger partial charge is 0.366 e. The second-order valence-electron chi connectivity index (χ2n) is 9.05. The van der Waals surface area contributed by atoms with Gasteiger partial charge in [0.1, 0.15) is 5.82 Å². The lowest BCUT2D eigenvalue weighted by molar-refractivity contribution is 0.259. The van der Waals surface area contributed by atoms with Crippen molar-refractivity contribution in [3.8, 4) is 11.3 Å². The van der Waals surface area contributed by atoms with Crippen molar-refractivity contribution in [2.75, 3.05) is 25.0 Å². The fraction of sp³-hybridized carbons (Fsp3) is 0.682. The maximum absolute atomic E-state index is 4.43. The summed E-state index contributed by atoms with van der Waals surface area (Å²) in [5.41, 5.74) is 2.92. The Bertz CT molecular complexity index is 769. The summed E-state index contributed by atoms with van der Waals surface area (Å²) in [6, 6.07) is 4.64. The van der Waals surface area contributed by atoms with Gasteiger partial charge in [-0.25, -0.2) is 0 Å². The molecule has 0 aromatic carbocycles. The van der Waals surface area contributed by atoms with Crippen LogP contribution in [0, 0.1) is 24.7 Å². The molecule has 2 aliphatic rings. The molecule has 1 N–H and O–H groups in total. The van der Waals surface area contributed by atoms with E-state index in [1.54, 1.807) is 0 Å². The highest BCUT2D eigenvalue weighted by atomic mass is 15.3. The molecule has 3 heterocycles. The van der Waals surface area contributed by atoms with E-state index in [-0.39, 0.29) is 0 Å². The SMILES string of the molecule is CCCC(C)CN1CC2CC(Nc3ccc(-c4cn(C)nc4C)nn3)CC2C1. The van der Waals surface area contributed by atoms with Gasteiger partial charge < -0.3 is 10.2 Å². The van der Waals surface area contributed by atoms with E-state index in [4.69, 9.17) is 0 Å². The molecule has 28 heavy (non-hydrogen) atoms. The lowest BCUT2D eigenvalue weighted by atomic mass is 10.0. The van der Waals surface area contributed by atoms with E-state index in [2.05, 4.69) is 45.4 Å². The van der Waals surface area contributed by atoms with Crippen LogP contribution in [-0.2, 0) is 7.05 Å². The highest BCUT2D eigenvalue weighted by molar-refractivity contribution is 5.61. The maximum Gasteiger partial charge on any atom is 0.148 e. The molecule has 0 radical (unpaired) electrons. The summed E-state index contributed by atoms with van der Waals surface area (Å²) < 4.78 is 1.82. The normalized spacial score (nSPS) is 25.8. The topological polar surface area (TPSA) is 58.9 Å². The van der Waals surface area contributed by atoms with Crippen LogP contribution >= 0.6 is 0 Å². The quantitative estimate of drug-likeness (QED) is 0.790. The molecular formula is C22H34N6. The first-order valence-electron chi connectivity index (χ1n) is 10.8. The number of aryl methyl sites for hydroxylation is 2. The zero-order valence-electron chi connectivity index (χ0n) is 17.7. The summed E-state index contributed by atoms with van der Waals surface area (Å²) in [6.45, 7) is 10.5. The van der Waals surface area contributed by atoms with Gasteiger partial charge in [-0.15, -0.1) is 10.2 Å². The third-order valence-corrected chi connectivity index (χ3v) is 6.48. The molecule has 1 aliphatic carbocycles. The van der Waals surface area contributed by atoms with Gasteiger partial charge in [0.25, 0.3) is 0 Å². The van der Waals surface area contributed by atoms with Crippen LogP contribution in [0.5, 0.6) is 0 Å². The number of hydrogen-bond donors (Lipinski definition) is 1. The number of aromatic nitrogens is 4. The highest BCUT2D eigenvalue weighted by Crippen LogP contribution is 2.39. The van der Waals surface area contributed by atoms with E-state index in [0.717, 1.165) is 40.5 Å². The summed E-state index contributed by atoms with van der Waals surface area (Å²) in [5, 5.41) is 16.9. The van der Waals surface area contributed by atoms with Crippen LogP contribution in [0.3, 0.4) is 0 Å². The molecule has 2 aromatic heterocycles. The van der Waals surface area contributed by atoms with Crippen LogP contribution in [0.1, 0.15) is 45.2 Å². The summed E-state index contributed by atoms with van der Waals surface area (Å²) in [7, 11) is 1.93. The molecule has 6 heteroatoms. The van der Waals surface area contributed by atoms with Crippen molar-refractivity contribution in [1.29, 1.82) is 0 Å². The number of anilines is 1. The Morgan fingerprint density at radius 1 is 1.18 bits per heavy atom. The average Bonchev–Trinajstić information content (AvgIpc) is 3.28. The second-order valence-corrected chi connectivity index (χ2v) is 9.05. The minimum Gasteiger partial charge on any atom is -0.366 e. The molecular weight excluding hydrogens is 348 g/mol. The molecule has 4 rings (SSSR count). The van der Waals surface area contributed by atoms with Gasteiger partial charge in [-0.2, -0.15) is 5.10 Å². The maximum atomic E-state index is 4.43. The Hall–Kier alpha value is -1.95. The van der Waals surface area contributed by atoms with E-state index in [9.17, 15) is 0 Å². The number of rotatable bonds is 7. The van der Waals surface area contributed by atoms with Gasteiger partial charge in [0.15, 0.2) is 0 Å². The van der Waals surface area contributed by atoms with Crippen LogP contribution in [0.2, 0.25) is 0 Å². The zero-order chi connectivity index (χ0) is 19.7. The highest BCUT2D eigenvalue weighted by Gasteiger charge is 2.40. The average molecular weight is 383 g/mol. The molecule has 3 atom stereocenters. The number of hydrogen-bond acceptors (Lipinski definition) is 5. The van der Waals surface area contributed by atoms with Crippen LogP contribution < -0.4 is 5.32 Å². The first-order valence-corrected chi connectivity index (χ1v) is 10.8. The third-order valence-electron chi connectivity index (χ3n) is 6.48. The van der Waals surface area contributed by atoms with Gasteiger partial charge >= 0.3 is 0 Å². The van der Waals surface area contributed by atoms with E-state index in [1.807, 2.05) is 30.9 Å². The Morgan fingerprint density at radius 3 is 2.50 bits per heavy atom. The minimum atomic E-state index is 0.533. The Balaban J connectivity index is 1.29. The monoisotopic (exact) mass is 382 g/mol. The zero-order valence-corrected chi connectivity index (χ0v) is 17.7. The van der Waals surface area contributed by atoms with Crippen LogP contribution in [-0.4, -0.2) is 50.6 Å². The van der Waals surface area contributed by atoms with Crippen molar-refractivity contribution < 1.29 is 0 Å². The Labute approximate surface area is 168 Å². The molecule has 3 unspecified atom stereocenters. The van der Waals surface area contributed by atoms with Gasteiger partial charge in [-0.3, -0.25) is 4.68 Å². The Morgan fingerprint density at radius 2 is 1.93 bits per heavy atom. The van der Waals surface area contributed by atoms with Gasteiger partial charge in [0.05, 0.1) is 11.4 Å². The number of likely N-dealkylation sites (tertiary alicyclic amines) is 1. The van der Waals surface area contributed by atoms with Crippen LogP contribution in [0.25, 0.3) is 11.3 Å². The second kappa shape index (κ2) is 8.19. The van der Waals surface area contributed by atoms with Crippen LogP contribution in [0.4, 0.5) is 5.82 Å². The lowest BCUT2D eigenvalue weighted by Gasteiger charge is -2.22. The Kier molecular flexibility index (Phi) is 5.67. The van der Waals surface area contributed by atoms with Gasteiger partial charge in [0.2, 0.25) is 0 Å². The third kappa shape index (κ3) is 4.22. The molecule has 6 nitrogen and oxygen atoms in total. The molecule has 1 saturated heterocycles. The number of nitrogens with zero attached hydrogens (tertiary/aromatic N) is 5. The van der Waals surface area contributed by atoms with Crippen molar-refractivity contribution in [2.24, 2.45) is 24.8 Å². The van der Waals surface area contributed by atoms with E-state index in [0.29, 0.717) is 6.04 Å². The van der Waals surface area contributed by atoms with Crippen molar-refractivity contribution in [3.05, 3.63) is 24.0 Å². The fourth-order valence-corrected chi connectivity index (χ4v) is 5.30. The molecule has 152 valence electrons. The first kappa shape index (κ1) is 19.4. The van der Waals surface area contributed by atoms with Crippen LogP contribution in [0.15, 0.2) is 18.3 Å². The number of fused-ring (bicyclic) bond motifs is 1. The van der Waals surface area contributed by atoms with Gasteiger partial charge in [-0.1, -0.05) is 20.3 Å². The minimum absolute atomic E-state index is 0.533. The summed E-state index contributed by atoms with van der Waals surface area (Å²) >= 11 is 0. The molecule has 1 saturated carbocycles. The number of nitrogens with one attached hydrogen (secondary N) is 1. The van der Waals surface area contributed by atoms with Gasteiger partial charge in [0, 0.05) is 44.5 Å². The molecule has 0 bridgehead atoms. The fourth-order valence-electron chi connectivity index (χ4n) is 5.30. The summed E-state index contributed by atoms with van der Waals surface area (Å²) in [5.74, 6) is 3.41.